The van der Waals surface area contributed by atoms with Gasteiger partial charge in [0, 0.05) is 0 Å². The first-order chi connectivity index (χ1) is 15.3. The van der Waals surface area contributed by atoms with Crippen molar-refractivity contribution in [2.75, 3.05) is 0 Å². The smallest absolute Gasteiger partial charge is 0.123 e. The van der Waals surface area contributed by atoms with E-state index in [0.717, 1.165) is 37.1 Å². The Morgan fingerprint density at radius 1 is 1.19 bits per heavy atom. The Hall–Kier alpha value is -2.72. The molecule has 32 heavy (non-hydrogen) atoms. The van der Waals surface area contributed by atoms with Crippen LogP contribution >= 0.6 is 0 Å². The lowest BCUT2D eigenvalue weighted by Gasteiger charge is -2.47. The fourth-order valence-electron chi connectivity index (χ4n) is 5.93. The molecular weight excluding hydrogens is 399 g/mol. The first-order valence-electron chi connectivity index (χ1n) is 11.6. The number of aryl methyl sites for hydroxylation is 2. The molecule has 0 spiro atoms. The predicted molar refractivity (Wildman–Crippen MR) is 126 cm³/mol. The Morgan fingerprint density at radius 2 is 1.97 bits per heavy atom. The molecule has 1 N–H and O–H groups in total. The van der Waals surface area contributed by atoms with Gasteiger partial charge in [0.25, 0.3) is 0 Å². The van der Waals surface area contributed by atoms with Crippen molar-refractivity contribution in [3.63, 3.8) is 0 Å². The molecule has 2 aliphatic carbocycles. The van der Waals surface area contributed by atoms with Crippen molar-refractivity contribution < 1.29 is 9.50 Å². The number of aromatic nitrogens is 2. The number of aliphatic hydroxyl groups is 1. The molecule has 3 nitrogen and oxygen atoms in total. The molecule has 0 saturated heterocycles. The lowest BCUT2D eigenvalue weighted by Crippen LogP contribution is -2.44. The van der Waals surface area contributed by atoms with Gasteiger partial charge in [-0.25, -0.2) is 9.07 Å². The van der Waals surface area contributed by atoms with Crippen LogP contribution in [0.1, 0.15) is 54.1 Å². The Balaban J connectivity index is 1.45. The fraction of sp³-hybridized carbons (Fsp3) is 0.393. The van der Waals surface area contributed by atoms with Gasteiger partial charge in [0.1, 0.15) is 5.82 Å². The molecule has 2 aromatic carbocycles. The van der Waals surface area contributed by atoms with Gasteiger partial charge >= 0.3 is 0 Å². The van der Waals surface area contributed by atoms with Gasteiger partial charge in [-0.1, -0.05) is 36.3 Å². The van der Waals surface area contributed by atoms with Crippen LogP contribution in [0.2, 0.25) is 0 Å². The van der Waals surface area contributed by atoms with Gasteiger partial charge in [0.15, 0.2) is 0 Å². The SMILES string of the molecule is Cc1ccc(C[C@H](O)[C@H]2CCCC3=Cc4c(cnn4-c4ccc(F)cc4)C[C@@]32C)c(C)c1. The van der Waals surface area contributed by atoms with Gasteiger partial charge < -0.3 is 5.11 Å². The number of halogens is 1. The topological polar surface area (TPSA) is 38.1 Å². The van der Waals surface area contributed by atoms with Crippen LogP contribution in [0, 0.1) is 31.0 Å². The van der Waals surface area contributed by atoms with Crippen LogP contribution in [0.15, 0.2) is 54.2 Å². The standard InChI is InChI=1S/C28H31FN2O/c1-18-7-8-20(19(2)13-18)14-27(32)25-6-4-5-22-15-26-21(16-28(22,25)3)17-30-31(26)24-11-9-23(29)10-12-24/h7-13,15,17,25,27,32H,4-6,14,16H2,1-3H3/t25-,27+,28+/m1/s1. The molecule has 166 valence electrons. The van der Waals surface area contributed by atoms with Gasteiger partial charge in [0.05, 0.1) is 23.7 Å². The lowest BCUT2D eigenvalue weighted by atomic mass is 9.58. The van der Waals surface area contributed by atoms with Gasteiger partial charge in [-0.3, -0.25) is 0 Å². The first kappa shape index (κ1) is 21.1. The summed E-state index contributed by atoms with van der Waals surface area (Å²) >= 11 is 0. The van der Waals surface area contributed by atoms with E-state index in [4.69, 9.17) is 0 Å². The zero-order valence-electron chi connectivity index (χ0n) is 19.1. The van der Waals surface area contributed by atoms with E-state index in [2.05, 4.69) is 50.1 Å². The summed E-state index contributed by atoms with van der Waals surface area (Å²) in [5.41, 5.74) is 8.25. The van der Waals surface area contributed by atoms with Crippen molar-refractivity contribution in [3.8, 4) is 5.69 Å². The van der Waals surface area contributed by atoms with E-state index in [9.17, 15) is 9.50 Å². The number of hydrogen-bond acceptors (Lipinski definition) is 2. The Morgan fingerprint density at radius 3 is 2.72 bits per heavy atom. The van der Waals surface area contributed by atoms with E-state index >= 15 is 0 Å². The molecule has 4 heteroatoms. The van der Waals surface area contributed by atoms with Gasteiger partial charge in [-0.05, 0) is 104 Å². The minimum atomic E-state index is -0.376. The van der Waals surface area contributed by atoms with Crippen LogP contribution < -0.4 is 0 Å². The van der Waals surface area contributed by atoms with E-state index < -0.39 is 0 Å². The van der Waals surface area contributed by atoms with E-state index in [-0.39, 0.29) is 23.3 Å². The quantitative estimate of drug-likeness (QED) is 0.553. The van der Waals surface area contributed by atoms with Crippen molar-refractivity contribution in [2.24, 2.45) is 11.3 Å². The Bertz CT molecular complexity index is 1180. The summed E-state index contributed by atoms with van der Waals surface area (Å²) in [6, 6.07) is 13.0. The summed E-state index contributed by atoms with van der Waals surface area (Å²) in [5.74, 6) is -0.0286. The predicted octanol–water partition coefficient (Wildman–Crippen LogP) is 5.98. The van der Waals surface area contributed by atoms with Crippen LogP contribution in [0.3, 0.4) is 0 Å². The molecule has 1 aromatic heterocycles. The van der Waals surface area contributed by atoms with Gasteiger partial charge in [0.2, 0.25) is 0 Å². The first-order valence-corrected chi connectivity index (χ1v) is 11.6. The highest BCUT2D eigenvalue weighted by atomic mass is 19.1. The number of fused-ring (bicyclic) bond motifs is 2. The normalized spacial score (nSPS) is 23.3. The molecular formula is C28H31FN2O. The summed E-state index contributed by atoms with van der Waals surface area (Å²) in [7, 11) is 0. The third-order valence-electron chi connectivity index (χ3n) is 7.73. The highest BCUT2D eigenvalue weighted by Gasteiger charge is 2.46. The zero-order valence-corrected chi connectivity index (χ0v) is 19.1. The fourth-order valence-corrected chi connectivity index (χ4v) is 5.93. The summed E-state index contributed by atoms with van der Waals surface area (Å²) in [6.45, 7) is 6.57. The molecule has 5 rings (SSSR count). The zero-order chi connectivity index (χ0) is 22.5. The third kappa shape index (κ3) is 3.61. The van der Waals surface area contributed by atoms with Crippen LogP contribution in [-0.2, 0) is 12.8 Å². The molecule has 0 bridgehead atoms. The number of hydrogen-bond donors (Lipinski definition) is 1. The van der Waals surface area contributed by atoms with E-state index in [0.29, 0.717) is 6.42 Å². The summed E-state index contributed by atoms with van der Waals surface area (Å²) in [6.07, 6.45) is 8.61. The maximum atomic E-state index is 13.4. The molecule has 1 fully saturated rings. The minimum Gasteiger partial charge on any atom is -0.392 e. The molecule has 0 unspecified atom stereocenters. The summed E-state index contributed by atoms with van der Waals surface area (Å²) < 4.78 is 15.3. The largest absolute Gasteiger partial charge is 0.392 e. The number of allylic oxidation sites excluding steroid dienone is 1. The Labute approximate surface area is 189 Å². The van der Waals surface area contributed by atoms with Crippen LogP contribution in [0.5, 0.6) is 0 Å². The monoisotopic (exact) mass is 430 g/mol. The number of benzene rings is 2. The maximum absolute atomic E-state index is 13.4. The van der Waals surface area contributed by atoms with E-state index in [1.165, 1.54) is 40.0 Å². The minimum absolute atomic E-state index is 0.0695. The molecule has 3 aromatic rings. The highest BCUT2D eigenvalue weighted by Crippen LogP contribution is 2.52. The number of rotatable bonds is 4. The molecule has 2 aliphatic rings. The summed E-state index contributed by atoms with van der Waals surface area (Å²) in [4.78, 5) is 0. The van der Waals surface area contributed by atoms with Gasteiger partial charge in [-0.15, -0.1) is 0 Å². The molecule has 1 heterocycles. The van der Waals surface area contributed by atoms with Crippen LogP contribution in [-0.4, -0.2) is 21.0 Å². The highest BCUT2D eigenvalue weighted by molar-refractivity contribution is 5.61. The Kier molecular flexibility index (Phi) is 5.29. The molecule has 0 aliphatic heterocycles. The second-order valence-corrected chi connectivity index (χ2v) is 9.91. The maximum Gasteiger partial charge on any atom is 0.123 e. The molecule has 0 amide bonds. The second-order valence-electron chi connectivity index (χ2n) is 9.91. The van der Waals surface area contributed by atoms with Crippen molar-refractivity contribution in [1.29, 1.82) is 0 Å². The number of aliphatic hydroxyl groups excluding tert-OH is 1. The van der Waals surface area contributed by atoms with Crippen molar-refractivity contribution in [2.45, 2.75) is 59.0 Å². The van der Waals surface area contributed by atoms with Crippen LogP contribution in [0.4, 0.5) is 4.39 Å². The molecule has 1 saturated carbocycles. The van der Waals surface area contributed by atoms with E-state index in [1.807, 2.05) is 10.9 Å². The van der Waals surface area contributed by atoms with Gasteiger partial charge in [-0.2, -0.15) is 5.10 Å². The molecule has 3 atom stereocenters. The summed E-state index contributed by atoms with van der Waals surface area (Å²) in [5, 5.41) is 16.0. The lowest BCUT2D eigenvalue weighted by molar-refractivity contribution is 0.0233. The van der Waals surface area contributed by atoms with Crippen molar-refractivity contribution in [3.05, 3.63) is 88.0 Å². The van der Waals surface area contributed by atoms with Crippen molar-refractivity contribution in [1.82, 2.24) is 9.78 Å². The van der Waals surface area contributed by atoms with E-state index in [1.54, 1.807) is 12.1 Å². The van der Waals surface area contributed by atoms with Crippen LogP contribution in [0.25, 0.3) is 11.8 Å². The average molecular weight is 431 g/mol. The van der Waals surface area contributed by atoms with Crippen molar-refractivity contribution >= 4 is 6.08 Å². The second kappa shape index (κ2) is 8.00. The average Bonchev–Trinajstić information content (AvgIpc) is 3.15. The number of nitrogens with zero attached hydrogens (tertiary/aromatic N) is 2. The third-order valence-corrected chi connectivity index (χ3v) is 7.73. The molecule has 0 radical (unpaired) electrons.